The maximum Gasteiger partial charge on any atom is 0.303 e. The van der Waals surface area contributed by atoms with Gasteiger partial charge in [0.05, 0.1) is 0 Å². The molecule has 21 heavy (non-hydrogen) atoms. The molecule has 4 nitrogen and oxygen atoms in total. The molecular formula is C16H32MgO4. The van der Waals surface area contributed by atoms with Gasteiger partial charge in [0.15, 0.2) is 0 Å². The molecule has 0 amide bonds. The molecule has 0 aromatic carbocycles. The minimum atomic E-state index is -0.670. The number of rotatable bonds is 12. The summed E-state index contributed by atoms with van der Waals surface area (Å²) in [6, 6.07) is 0. The quantitative estimate of drug-likeness (QED) is 0.411. The van der Waals surface area contributed by atoms with E-state index in [1.54, 1.807) is 0 Å². The van der Waals surface area contributed by atoms with Crippen LogP contribution >= 0.6 is 0 Å². The van der Waals surface area contributed by atoms with Crippen molar-refractivity contribution in [2.45, 2.75) is 90.9 Å². The van der Waals surface area contributed by atoms with Crippen molar-refractivity contribution >= 4 is 35.0 Å². The number of hydrogen-bond donors (Lipinski definition) is 2. The first-order valence-electron chi connectivity index (χ1n) is 7.98. The number of aliphatic carboxylic acids is 2. The van der Waals surface area contributed by atoms with E-state index in [0.717, 1.165) is 25.7 Å². The summed E-state index contributed by atoms with van der Waals surface area (Å²) in [5, 5.41) is 16.5. The van der Waals surface area contributed by atoms with Crippen LogP contribution in [0.15, 0.2) is 0 Å². The lowest BCUT2D eigenvalue weighted by Crippen LogP contribution is -1.93. The molecule has 5 heteroatoms. The molecule has 0 fully saturated rings. The zero-order valence-electron chi connectivity index (χ0n) is 13.9. The van der Waals surface area contributed by atoms with Gasteiger partial charge in [-0.05, 0) is 12.8 Å². The van der Waals surface area contributed by atoms with Gasteiger partial charge in [0.25, 0.3) is 0 Å². The molecule has 0 heterocycles. The zero-order chi connectivity index (χ0) is 15.6. The molecule has 0 aliphatic carbocycles. The average molecular weight is 313 g/mol. The third-order valence-corrected chi connectivity index (χ3v) is 2.99. The molecule has 0 aromatic rings. The zero-order valence-corrected chi connectivity index (χ0v) is 15.3. The first kappa shape index (κ1) is 25.6. The molecule has 2 radical (unpaired) electrons. The van der Waals surface area contributed by atoms with Crippen LogP contribution in [0.5, 0.6) is 0 Å². The molecule has 0 bridgehead atoms. The van der Waals surface area contributed by atoms with E-state index in [0.29, 0.717) is 12.8 Å². The summed E-state index contributed by atoms with van der Waals surface area (Å²) < 4.78 is 0. The van der Waals surface area contributed by atoms with E-state index in [4.69, 9.17) is 10.2 Å². The smallest absolute Gasteiger partial charge is 0.303 e. The molecule has 2 N–H and O–H groups in total. The molecule has 0 aliphatic rings. The Balaban J connectivity index is -0.000000295. The standard InChI is InChI=1S/2C8H16O2.Mg/c2*1-2-3-4-5-6-7-8(9)10;/h2*2-7H2,1H3,(H,9,10);. The Morgan fingerprint density at radius 2 is 0.905 bits per heavy atom. The Hall–Kier alpha value is -0.294. The minimum Gasteiger partial charge on any atom is -0.481 e. The van der Waals surface area contributed by atoms with Crippen LogP contribution in [0.1, 0.15) is 90.9 Å². The molecule has 0 aromatic heterocycles. The number of carboxylic acid groups (broad SMARTS) is 2. The highest BCUT2D eigenvalue weighted by Gasteiger charge is 1.95. The lowest BCUT2D eigenvalue weighted by Gasteiger charge is -1.95. The topological polar surface area (TPSA) is 74.6 Å². The summed E-state index contributed by atoms with van der Waals surface area (Å²) in [7, 11) is 0. The van der Waals surface area contributed by atoms with Crippen LogP contribution in [-0.4, -0.2) is 45.2 Å². The maximum atomic E-state index is 10.0. The lowest BCUT2D eigenvalue weighted by atomic mass is 10.1. The summed E-state index contributed by atoms with van der Waals surface area (Å²) in [4.78, 5) is 20.1. The van der Waals surface area contributed by atoms with E-state index in [2.05, 4.69) is 13.8 Å². The van der Waals surface area contributed by atoms with E-state index in [1.165, 1.54) is 38.5 Å². The predicted molar refractivity (Wildman–Crippen MR) is 87.8 cm³/mol. The van der Waals surface area contributed by atoms with Crippen molar-refractivity contribution in [3.8, 4) is 0 Å². The van der Waals surface area contributed by atoms with Gasteiger partial charge in [-0.25, -0.2) is 0 Å². The van der Waals surface area contributed by atoms with Gasteiger partial charge in [-0.15, -0.1) is 0 Å². The molecule has 122 valence electrons. The van der Waals surface area contributed by atoms with Crippen LogP contribution in [0.3, 0.4) is 0 Å². The number of carboxylic acids is 2. The van der Waals surface area contributed by atoms with Gasteiger partial charge < -0.3 is 10.2 Å². The average Bonchev–Trinajstić information content (AvgIpc) is 2.38. The fourth-order valence-electron chi connectivity index (χ4n) is 1.76. The van der Waals surface area contributed by atoms with Gasteiger partial charge in [-0.3, -0.25) is 9.59 Å². The number of unbranched alkanes of at least 4 members (excludes halogenated alkanes) is 8. The third kappa shape index (κ3) is 32.9. The van der Waals surface area contributed by atoms with Crippen LogP contribution in [0.4, 0.5) is 0 Å². The number of hydrogen-bond acceptors (Lipinski definition) is 2. The maximum absolute atomic E-state index is 10.0. The second-order valence-corrected chi connectivity index (χ2v) is 5.12. The van der Waals surface area contributed by atoms with Crippen LogP contribution in [0.2, 0.25) is 0 Å². The SMILES string of the molecule is CCCCCCCC(=O)O.CCCCCCCC(=O)O.[Mg]. The molecule has 0 aliphatic heterocycles. The van der Waals surface area contributed by atoms with Crippen molar-refractivity contribution in [1.82, 2.24) is 0 Å². The monoisotopic (exact) mass is 312 g/mol. The predicted octanol–water partition coefficient (Wildman–Crippen LogP) is 4.48. The van der Waals surface area contributed by atoms with Gasteiger partial charge >= 0.3 is 11.9 Å². The summed E-state index contributed by atoms with van der Waals surface area (Å²) in [5.41, 5.74) is 0. The van der Waals surface area contributed by atoms with Crippen LogP contribution in [0.25, 0.3) is 0 Å². The molecule has 0 rings (SSSR count). The fourth-order valence-corrected chi connectivity index (χ4v) is 1.76. The van der Waals surface area contributed by atoms with E-state index in [-0.39, 0.29) is 23.1 Å². The van der Waals surface area contributed by atoms with Crippen molar-refractivity contribution in [2.24, 2.45) is 0 Å². The van der Waals surface area contributed by atoms with Crippen molar-refractivity contribution in [3.05, 3.63) is 0 Å². The highest BCUT2D eigenvalue weighted by atomic mass is 24.3. The van der Waals surface area contributed by atoms with Gasteiger partial charge in [-0.2, -0.15) is 0 Å². The highest BCUT2D eigenvalue weighted by Crippen LogP contribution is 2.04. The first-order valence-corrected chi connectivity index (χ1v) is 7.98. The lowest BCUT2D eigenvalue weighted by molar-refractivity contribution is -0.138. The summed E-state index contributed by atoms with van der Waals surface area (Å²) >= 11 is 0. The molecule has 0 atom stereocenters. The van der Waals surface area contributed by atoms with E-state index in [9.17, 15) is 9.59 Å². The molecule has 0 saturated carbocycles. The van der Waals surface area contributed by atoms with E-state index >= 15 is 0 Å². The van der Waals surface area contributed by atoms with Crippen LogP contribution < -0.4 is 0 Å². The number of carbonyl (C=O) groups is 2. The summed E-state index contributed by atoms with van der Waals surface area (Å²) in [6.45, 7) is 4.30. The Bertz CT molecular complexity index is 208. The molecule has 0 unspecified atom stereocenters. The highest BCUT2D eigenvalue weighted by molar-refractivity contribution is 5.75. The summed E-state index contributed by atoms with van der Waals surface area (Å²) in [6.07, 6.45) is 11.8. The van der Waals surface area contributed by atoms with Crippen molar-refractivity contribution in [2.75, 3.05) is 0 Å². The Kier molecular flexibility index (Phi) is 26.9. The van der Waals surface area contributed by atoms with Crippen molar-refractivity contribution in [3.63, 3.8) is 0 Å². The fraction of sp³-hybridized carbons (Fsp3) is 0.875. The molecule has 0 saturated heterocycles. The van der Waals surface area contributed by atoms with Crippen molar-refractivity contribution < 1.29 is 19.8 Å². The van der Waals surface area contributed by atoms with E-state index < -0.39 is 11.9 Å². The van der Waals surface area contributed by atoms with Gasteiger partial charge in [0.1, 0.15) is 0 Å². The molecule has 0 spiro atoms. The normalized spacial score (nSPS) is 9.24. The van der Waals surface area contributed by atoms with Gasteiger partial charge in [0.2, 0.25) is 0 Å². The minimum absolute atomic E-state index is 0. The van der Waals surface area contributed by atoms with Crippen LogP contribution in [0, 0.1) is 0 Å². The van der Waals surface area contributed by atoms with E-state index in [1.807, 2.05) is 0 Å². The van der Waals surface area contributed by atoms with Crippen LogP contribution in [-0.2, 0) is 9.59 Å². The van der Waals surface area contributed by atoms with Gasteiger partial charge in [-0.1, -0.05) is 65.2 Å². The van der Waals surface area contributed by atoms with Crippen molar-refractivity contribution in [1.29, 1.82) is 0 Å². The third-order valence-electron chi connectivity index (χ3n) is 2.99. The largest absolute Gasteiger partial charge is 0.481 e. The van der Waals surface area contributed by atoms with Gasteiger partial charge in [0, 0.05) is 35.9 Å². The second-order valence-electron chi connectivity index (χ2n) is 5.12. The Morgan fingerprint density at radius 1 is 0.619 bits per heavy atom. The second kappa shape index (κ2) is 22.0. The first-order chi connectivity index (χ1) is 9.54. The Morgan fingerprint density at radius 3 is 1.14 bits per heavy atom. The molecular weight excluding hydrogens is 280 g/mol. The Labute approximate surface area is 145 Å². The summed E-state index contributed by atoms with van der Waals surface area (Å²) in [5.74, 6) is -1.34.